The minimum absolute atomic E-state index is 0.524. The fourth-order valence-electron chi connectivity index (χ4n) is 0.192. The highest BCUT2D eigenvalue weighted by molar-refractivity contribution is 8.70. The average molecular weight is 156 g/mol. The van der Waals surface area contributed by atoms with Crippen molar-refractivity contribution in [2.24, 2.45) is 0 Å². The fourth-order valence-corrected chi connectivity index (χ4v) is 1.73. The summed E-state index contributed by atoms with van der Waals surface area (Å²) < 4.78 is 24.8. The number of rotatable bonds is 3. The summed E-state index contributed by atoms with van der Waals surface area (Å²) in [4.78, 5) is 0. The van der Waals surface area contributed by atoms with Crippen molar-refractivity contribution in [1.82, 2.24) is 0 Å². The van der Waals surface area contributed by atoms with E-state index in [2.05, 4.69) is 4.18 Å². The normalized spacial score (nSPS) is 11.8. The van der Waals surface area contributed by atoms with Crippen LogP contribution in [0.25, 0.3) is 0 Å². The molecule has 0 aliphatic carbocycles. The first-order valence-electron chi connectivity index (χ1n) is 2.07. The maximum absolute atomic E-state index is 10.3. The van der Waals surface area contributed by atoms with Crippen LogP contribution < -0.4 is 0 Å². The Hall–Kier alpha value is 0.260. The topological polar surface area (TPSA) is 43.4 Å². The summed E-state index contributed by atoms with van der Waals surface area (Å²) in [5.74, 6) is 0.524. The van der Waals surface area contributed by atoms with Gasteiger partial charge >= 0.3 is 9.15 Å². The van der Waals surface area contributed by atoms with Gasteiger partial charge in [-0.1, -0.05) is 6.92 Å². The van der Waals surface area contributed by atoms with Crippen molar-refractivity contribution in [1.29, 1.82) is 0 Å². The Labute approximate surface area is 52.9 Å². The first-order chi connectivity index (χ1) is 3.62. The predicted molar refractivity (Wildman–Crippen MR) is 34.1 cm³/mol. The van der Waals surface area contributed by atoms with E-state index >= 15 is 0 Å². The third kappa shape index (κ3) is 3.29. The van der Waals surface area contributed by atoms with Gasteiger partial charge in [-0.05, 0) is 10.8 Å². The molecule has 0 aromatic rings. The molecule has 0 radical (unpaired) electrons. The maximum Gasteiger partial charge on any atom is 0.321 e. The lowest BCUT2D eigenvalue weighted by molar-refractivity contribution is 0.413. The molecule has 0 atom stereocenters. The van der Waals surface area contributed by atoms with Gasteiger partial charge in [0.05, 0.1) is 7.11 Å². The van der Waals surface area contributed by atoms with Crippen LogP contribution in [0.1, 0.15) is 6.92 Å². The molecule has 3 nitrogen and oxygen atoms in total. The van der Waals surface area contributed by atoms with E-state index in [1.165, 1.54) is 0 Å². The Bertz CT molecular complexity index is 137. The summed E-state index contributed by atoms with van der Waals surface area (Å²) in [6.45, 7) is 1.75. The van der Waals surface area contributed by atoms with Gasteiger partial charge in [-0.2, -0.15) is 8.42 Å². The molecular weight excluding hydrogens is 148 g/mol. The van der Waals surface area contributed by atoms with Crippen LogP contribution in [0.3, 0.4) is 0 Å². The average Bonchev–Trinajstić information content (AvgIpc) is 1.67. The molecule has 50 valence electrons. The first-order valence-corrected chi connectivity index (χ1v) is 4.98. The van der Waals surface area contributed by atoms with Gasteiger partial charge in [0.1, 0.15) is 0 Å². The van der Waals surface area contributed by atoms with Crippen molar-refractivity contribution in [3.05, 3.63) is 0 Å². The van der Waals surface area contributed by atoms with Gasteiger partial charge in [0.2, 0.25) is 0 Å². The molecule has 0 amide bonds. The van der Waals surface area contributed by atoms with E-state index in [4.69, 9.17) is 0 Å². The second-order valence-corrected chi connectivity index (χ2v) is 4.88. The molecule has 0 aromatic carbocycles. The molecule has 0 bridgehead atoms. The van der Waals surface area contributed by atoms with E-state index < -0.39 is 9.15 Å². The fraction of sp³-hybridized carbons (Fsp3) is 1.00. The van der Waals surface area contributed by atoms with Crippen molar-refractivity contribution < 1.29 is 12.6 Å². The molecular formula is C3H8O3S2. The quantitative estimate of drug-likeness (QED) is 0.562. The number of hydrogen-bond acceptors (Lipinski definition) is 4. The second-order valence-electron chi connectivity index (χ2n) is 0.981. The van der Waals surface area contributed by atoms with Gasteiger partial charge in [0.25, 0.3) is 0 Å². The lowest BCUT2D eigenvalue weighted by Crippen LogP contribution is -1.94. The summed E-state index contributed by atoms with van der Waals surface area (Å²) in [5, 5.41) is 0. The van der Waals surface area contributed by atoms with Gasteiger partial charge in [-0.25, -0.2) is 0 Å². The van der Waals surface area contributed by atoms with Crippen LogP contribution >= 0.6 is 10.8 Å². The van der Waals surface area contributed by atoms with Crippen LogP contribution in [0.2, 0.25) is 0 Å². The van der Waals surface area contributed by atoms with Gasteiger partial charge in [0.15, 0.2) is 0 Å². The van der Waals surface area contributed by atoms with E-state index in [1.807, 2.05) is 0 Å². The molecule has 0 rings (SSSR count). The van der Waals surface area contributed by atoms with Crippen LogP contribution in [-0.2, 0) is 13.3 Å². The SMILES string of the molecule is CCSS(=O)(=O)OC. The van der Waals surface area contributed by atoms with Crippen LogP contribution in [0.5, 0.6) is 0 Å². The molecule has 0 saturated heterocycles. The molecule has 0 fully saturated rings. The van der Waals surface area contributed by atoms with Crippen molar-refractivity contribution >= 4 is 19.9 Å². The van der Waals surface area contributed by atoms with Gasteiger partial charge in [-0.15, -0.1) is 0 Å². The molecule has 0 N–H and O–H groups in total. The summed E-state index contributed by atoms with van der Waals surface area (Å²) in [5.41, 5.74) is 0. The molecule has 0 spiro atoms. The van der Waals surface area contributed by atoms with E-state index in [-0.39, 0.29) is 0 Å². The molecule has 0 aliphatic rings. The van der Waals surface area contributed by atoms with E-state index in [0.717, 1.165) is 17.9 Å². The molecule has 0 aliphatic heterocycles. The molecule has 0 heterocycles. The van der Waals surface area contributed by atoms with Gasteiger partial charge < -0.3 is 0 Å². The van der Waals surface area contributed by atoms with Crippen LogP contribution in [0, 0.1) is 0 Å². The molecule has 0 saturated carbocycles. The standard InChI is InChI=1S/C3H8O3S2/c1-3-7-8(4,5)6-2/h3H2,1-2H3. The Morgan fingerprint density at radius 1 is 1.62 bits per heavy atom. The van der Waals surface area contributed by atoms with E-state index in [1.54, 1.807) is 6.92 Å². The van der Waals surface area contributed by atoms with Crippen molar-refractivity contribution in [2.75, 3.05) is 12.9 Å². The lowest BCUT2D eigenvalue weighted by Gasteiger charge is -1.93. The zero-order chi connectivity index (χ0) is 6.62. The zero-order valence-corrected chi connectivity index (χ0v) is 6.38. The highest BCUT2D eigenvalue weighted by Gasteiger charge is 2.04. The van der Waals surface area contributed by atoms with Gasteiger partial charge in [-0.3, -0.25) is 4.18 Å². The summed E-state index contributed by atoms with van der Waals surface area (Å²) in [7, 11) is -1.32. The van der Waals surface area contributed by atoms with E-state index in [0.29, 0.717) is 5.75 Å². The van der Waals surface area contributed by atoms with Crippen LogP contribution in [0.4, 0.5) is 0 Å². The Balaban J connectivity index is 3.76. The van der Waals surface area contributed by atoms with E-state index in [9.17, 15) is 8.42 Å². The maximum atomic E-state index is 10.3. The van der Waals surface area contributed by atoms with Crippen LogP contribution in [0.15, 0.2) is 0 Å². The Morgan fingerprint density at radius 3 is 2.25 bits per heavy atom. The minimum Gasteiger partial charge on any atom is -0.265 e. The van der Waals surface area contributed by atoms with Crippen molar-refractivity contribution in [3.8, 4) is 0 Å². The van der Waals surface area contributed by atoms with Crippen molar-refractivity contribution in [3.63, 3.8) is 0 Å². The van der Waals surface area contributed by atoms with Crippen LogP contribution in [-0.4, -0.2) is 21.3 Å². The van der Waals surface area contributed by atoms with Crippen molar-refractivity contribution in [2.45, 2.75) is 6.92 Å². The zero-order valence-electron chi connectivity index (χ0n) is 4.75. The lowest BCUT2D eigenvalue weighted by atomic mass is 11.0. The second kappa shape index (κ2) is 3.32. The first kappa shape index (κ1) is 8.26. The summed E-state index contributed by atoms with van der Waals surface area (Å²) >= 11 is 0. The Kier molecular flexibility index (Phi) is 3.43. The monoisotopic (exact) mass is 156 g/mol. The smallest absolute Gasteiger partial charge is 0.265 e. The third-order valence-corrected chi connectivity index (χ3v) is 3.38. The molecule has 0 aromatic heterocycles. The number of hydrogen-bond donors (Lipinski definition) is 0. The molecule has 8 heavy (non-hydrogen) atoms. The summed E-state index contributed by atoms with van der Waals surface area (Å²) in [6, 6.07) is 0. The highest BCUT2D eigenvalue weighted by atomic mass is 33.1. The Morgan fingerprint density at radius 2 is 2.12 bits per heavy atom. The summed E-state index contributed by atoms with van der Waals surface area (Å²) in [6.07, 6.45) is 0. The minimum atomic E-state index is -3.25. The molecule has 0 unspecified atom stereocenters. The third-order valence-electron chi connectivity index (χ3n) is 0.466. The largest absolute Gasteiger partial charge is 0.321 e. The van der Waals surface area contributed by atoms with Gasteiger partial charge in [0, 0.05) is 5.75 Å². The highest BCUT2D eigenvalue weighted by Crippen LogP contribution is 2.10. The molecule has 5 heteroatoms. The predicted octanol–water partition coefficient (Wildman–Crippen LogP) is 0.631.